The van der Waals surface area contributed by atoms with Gasteiger partial charge in [-0.25, -0.2) is 0 Å². The van der Waals surface area contributed by atoms with E-state index in [1.165, 1.54) is 0 Å². The molecule has 104 valence electrons. The van der Waals surface area contributed by atoms with Crippen LogP contribution in [0.15, 0.2) is 18.2 Å². The number of ether oxygens (including phenoxy) is 3. The molecule has 1 unspecified atom stereocenters. The van der Waals surface area contributed by atoms with Gasteiger partial charge in [0.2, 0.25) is 0 Å². The molecule has 5 nitrogen and oxygen atoms in total. The zero-order valence-corrected chi connectivity index (χ0v) is 10.9. The van der Waals surface area contributed by atoms with Crippen molar-refractivity contribution in [3.05, 3.63) is 23.8 Å². The predicted octanol–water partition coefficient (Wildman–Crippen LogP) is 0.823. The summed E-state index contributed by atoms with van der Waals surface area (Å²) in [4.78, 5) is 2.33. The molecule has 3 rings (SSSR count). The van der Waals surface area contributed by atoms with Crippen molar-refractivity contribution in [1.82, 2.24) is 4.90 Å². The first kappa shape index (κ1) is 12.7. The first-order valence-corrected chi connectivity index (χ1v) is 6.70. The molecule has 0 aliphatic carbocycles. The summed E-state index contributed by atoms with van der Waals surface area (Å²) in [7, 11) is 0. The van der Waals surface area contributed by atoms with E-state index in [9.17, 15) is 5.11 Å². The van der Waals surface area contributed by atoms with Crippen molar-refractivity contribution < 1.29 is 19.3 Å². The molecule has 1 saturated heterocycles. The number of aliphatic hydroxyl groups is 1. The van der Waals surface area contributed by atoms with E-state index in [0.29, 0.717) is 13.2 Å². The number of hydrogen-bond donors (Lipinski definition) is 1. The Labute approximate surface area is 112 Å². The molecular formula is C14H19NO4. The zero-order valence-electron chi connectivity index (χ0n) is 10.9. The smallest absolute Gasteiger partial charge is 0.129 e. The maximum Gasteiger partial charge on any atom is 0.129 e. The lowest BCUT2D eigenvalue weighted by atomic mass is 10.1. The van der Waals surface area contributed by atoms with Crippen LogP contribution in [0.3, 0.4) is 0 Å². The van der Waals surface area contributed by atoms with Crippen molar-refractivity contribution >= 4 is 0 Å². The fourth-order valence-electron chi connectivity index (χ4n) is 2.38. The van der Waals surface area contributed by atoms with E-state index in [0.717, 1.165) is 49.9 Å². The van der Waals surface area contributed by atoms with Gasteiger partial charge in [0.1, 0.15) is 30.8 Å². The molecule has 5 heteroatoms. The third-order valence-electron chi connectivity index (χ3n) is 3.52. The van der Waals surface area contributed by atoms with E-state index < -0.39 is 6.10 Å². The van der Waals surface area contributed by atoms with Gasteiger partial charge in [-0.15, -0.1) is 0 Å². The minimum atomic E-state index is -0.502. The molecule has 0 spiro atoms. The molecule has 1 N–H and O–H groups in total. The van der Waals surface area contributed by atoms with E-state index in [-0.39, 0.29) is 0 Å². The Kier molecular flexibility index (Phi) is 3.87. The van der Waals surface area contributed by atoms with Crippen LogP contribution in [0.1, 0.15) is 11.7 Å². The fourth-order valence-corrected chi connectivity index (χ4v) is 2.38. The van der Waals surface area contributed by atoms with Crippen molar-refractivity contribution in [3.63, 3.8) is 0 Å². The van der Waals surface area contributed by atoms with E-state index >= 15 is 0 Å². The highest BCUT2D eigenvalue weighted by atomic mass is 16.5. The summed E-state index contributed by atoms with van der Waals surface area (Å²) in [5.41, 5.74) is 0.848. The van der Waals surface area contributed by atoms with Crippen LogP contribution in [0.2, 0.25) is 0 Å². The number of fused-ring (bicyclic) bond motifs is 1. The lowest BCUT2D eigenvalue weighted by molar-refractivity contribution is 0.0322. The van der Waals surface area contributed by atoms with Gasteiger partial charge in [-0.1, -0.05) is 0 Å². The summed E-state index contributed by atoms with van der Waals surface area (Å²) in [6, 6.07) is 5.61. The summed E-state index contributed by atoms with van der Waals surface area (Å²) in [6.07, 6.45) is -0.502. The number of benzene rings is 1. The molecule has 0 aromatic heterocycles. The number of nitrogens with zero attached hydrogens (tertiary/aromatic N) is 1. The van der Waals surface area contributed by atoms with Crippen LogP contribution in [0, 0.1) is 0 Å². The molecule has 2 aliphatic rings. The molecule has 1 aromatic rings. The molecule has 2 aliphatic heterocycles. The predicted molar refractivity (Wildman–Crippen MR) is 69.7 cm³/mol. The Morgan fingerprint density at radius 2 is 2.16 bits per heavy atom. The van der Waals surface area contributed by atoms with Gasteiger partial charge in [-0.2, -0.15) is 0 Å². The van der Waals surface area contributed by atoms with E-state index in [2.05, 4.69) is 4.90 Å². The first-order valence-electron chi connectivity index (χ1n) is 6.70. The van der Waals surface area contributed by atoms with Crippen molar-refractivity contribution in [3.8, 4) is 11.5 Å². The van der Waals surface area contributed by atoms with Crippen LogP contribution in [0.5, 0.6) is 11.5 Å². The second-order valence-corrected chi connectivity index (χ2v) is 4.83. The summed E-state index contributed by atoms with van der Waals surface area (Å²) < 4.78 is 16.4. The number of morpholine rings is 1. The van der Waals surface area contributed by atoms with Crippen LogP contribution in [0.25, 0.3) is 0 Å². The summed E-state index contributed by atoms with van der Waals surface area (Å²) in [5, 5.41) is 9.63. The quantitative estimate of drug-likeness (QED) is 0.873. The standard InChI is InChI=1S/C14H19NO4/c16-13-10-19-14-9-11(1-2-12(13)14)18-8-5-15-3-6-17-7-4-15/h1-2,9,13,16H,3-8,10H2. The summed E-state index contributed by atoms with van der Waals surface area (Å²) in [5.74, 6) is 1.53. The molecule has 1 aromatic carbocycles. The lowest BCUT2D eigenvalue weighted by Crippen LogP contribution is -2.38. The molecule has 0 saturated carbocycles. The van der Waals surface area contributed by atoms with Crippen LogP contribution >= 0.6 is 0 Å². The molecule has 1 fully saturated rings. The van der Waals surface area contributed by atoms with E-state index in [4.69, 9.17) is 14.2 Å². The Balaban J connectivity index is 1.50. The second kappa shape index (κ2) is 5.77. The van der Waals surface area contributed by atoms with Crippen molar-refractivity contribution in [1.29, 1.82) is 0 Å². The van der Waals surface area contributed by atoms with E-state index in [1.807, 2.05) is 18.2 Å². The second-order valence-electron chi connectivity index (χ2n) is 4.83. The fraction of sp³-hybridized carbons (Fsp3) is 0.571. The summed E-state index contributed by atoms with van der Waals surface area (Å²) in [6.45, 7) is 5.47. The molecule has 0 amide bonds. The average molecular weight is 265 g/mol. The maximum absolute atomic E-state index is 9.63. The van der Waals surface area contributed by atoms with Gasteiger partial charge >= 0.3 is 0 Å². The minimum absolute atomic E-state index is 0.340. The van der Waals surface area contributed by atoms with Gasteiger partial charge in [0.15, 0.2) is 0 Å². The van der Waals surface area contributed by atoms with Crippen LogP contribution in [-0.2, 0) is 4.74 Å². The average Bonchev–Trinajstić information content (AvgIpc) is 2.81. The normalized spacial score (nSPS) is 22.9. The third-order valence-corrected chi connectivity index (χ3v) is 3.52. The SMILES string of the molecule is OC1COc2cc(OCCN3CCOCC3)ccc21. The zero-order chi connectivity index (χ0) is 13.1. The number of hydrogen-bond acceptors (Lipinski definition) is 5. The van der Waals surface area contributed by atoms with Crippen LogP contribution in [-0.4, -0.2) is 56.1 Å². The highest BCUT2D eigenvalue weighted by molar-refractivity contribution is 5.44. The monoisotopic (exact) mass is 265 g/mol. The Bertz CT molecular complexity index is 431. The lowest BCUT2D eigenvalue weighted by Gasteiger charge is -2.26. The van der Waals surface area contributed by atoms with Crippen LogP contribution in [0.4, 0.5) is 0 Å². The number of rotatable bonds is 4. The third kappa shape index (κ3) is 3.00. The van der Waals surface area contributed by atoms with Gasteiger partial charge in [0, 0.05) is 31.3 Å². The van der Waals surface area contributed by atoms with Crippen molar-refractivity contribution in [2.45, 2.75) is 6.10 Å². The molecular weight excluding hydrogens is 246 g/mol. The largest absolute Gasteiger partial charge is 0.492 e. The Morgan fingerprint density at radius 1 is 1.32 bits per heavy atom. The van der Waals surface area contributed by atoms with Crippen LogP contribution < -0.4 is 9.47 Å². The highest BCUT2D eigenvalue weighted by Crippen LogP contribution is 2.34. The molecule has 2 heterocycles. The maximum atomic E-state index is 9.63. The topological polar surface area (TPSA) is 51.2 Å². The molecule has 0 bridgehead atoms. The van der Waals surface area contributed by atoms with E-state index in [1.54, 1.807) is 0 Å². The molecule has 1 atom stereocenters. The highest BCUT2D eigenvalue weighted by Gasteiger charge is 2.22. The summed E-state index contributed by atoms with van der Waals surface area (Å²) >= 11 is 0. The van der Waals surface area contributed by atoms with Gasteiger partial charge in [0.05, 0.1) is 13.2 Å². The van der Waals surface area contributed by atoms with Crippen molar-refractivity contribution in [2.24, 2.45) is 0 Å². The number of aliphatic hydroxyl groups excluding tert-OH is 1. The molecule has 0 radical (unpaired) electrons. The molecule has 19 heavy (non-hydrogen) atoms. The Hall–Kier alpha value is -1.30. The van der Waals surface area contributed by atoms with Gasteiger partial charge in [-0.3, -0.25) is 4.90 Å². The van der Waals surface area contributed by atoms with Gasteiger partial charge in [0.25, 0.3) is 0 Å². The minimum Gasteiger partial charge on any atom is -0.492 e. The van der Waals surface area contributed by atoms with Gasteiger partial charge < -0.3 is 19.3 Å². The Morgan fingerprint density at radius 3 is 3.00 bits per heavy atom. The van der Waals surface area contributed by atoms with Crippen molar-refractivity contribution in [2.75, 3.05) is 46.1 Å². The first-order chi connectivity index (χ1) is 9.33. The van der Waals surface area contributed by atoms with Gasteiger partial charge in [-0.05, 0) is 12.1 Å².